The maximum Gasteiger partial charge on any atom is 0.242 e. The standard InChI is InChI=1S/C14H25N5OS.HI/c1-6-15-13(17-8-11(20)19-14(3,4)5)18-9-12-16-7-10(2)21-12;/h7H,6,8-9H2,1-5H3,(H,19,20)(H2,15,17,18);1H. The fourth-order valence-electron chi connectivity index (χ4n) is 1.59. The lowest BCUT2D eigenvalue weighted by Crippen LogP contribution is -2.43. The van der Waals surface area contributed by atoms with Crippen molar-refractivity contribution in [2.45, 2.75) is 46.7 Å². The zero-order chi connectivity index (χ0) is 15.9. The van der Waals surface area contributed by atoms with Crippen LogP contribution in [0.2, 0.25) is 0 Å². The van der Waals surface area contributed by atoms with E-state index < -0.39 is 0 Å². The van der Waals surface area contributed by atoms with E-state index in [4.69, 9.17) is 0 Å². The molecule has 0 fully saturated rings. The lowest BCUT2D eigenvalue weighted by atomic mass is 10.1. The molecular weight excluding hydrogens is 413 g/mol. The van der Waals surface area contributed by atoms with Crippen LogP contribution >= 0.6 is 35.3 Å². The number of carbonyl (C=O) groups excluding carboxylic acids is 1. The predicted octanol–water partition coefficient (Wildman–Crippen LogP) is 2.04. The lowest BCUT2D eigenvalue weighted by molar-refractivity contribution is -0.121. The number of amides is 1. The van der Waals surface area contributed by atoms with Crippen LogP contribution in [0.15, 0.2) is 11.2 Å². The minimum atomic E-state index is -0.239. The first-order chi connectivity index (χ1) is 9.80. The maximum absolute atomic E-state index is 11.8. The van der Waals surface area contributed by atoms with Crippen LogP contribution in [0, 0.1) is 6.92 Å². The van der Waals surface area contributed by atoms with Crippen LogP contribution < -0.4 is 16.0 Å². The van der Waals surface area contributed by atoms with E-state index in [1.54, 1.807) is 11.3 Å². The molecule has 1 amide bonds. The van der Waals surface area contributed by atoms with E-state index in [9.17, 15) is 4.79 Å². The third kappa shape index (κ3) is 9.19. The molecule has 0 spiro atoms. The van der Waals surface area contributed by atoms with E-state index >= 15 is 0 Å². The molecule has 6 nitrogen and oxygen atoms in total. The van der Waals surface area contributed by atoms with Gasteiger partial charge in [-0.3, -0.25) is 4.79 Å². The number of hydrogen-bond acceptors (Lipinski definition) is 4. The van der Waals surface area contributed by atoms with Gasteiger partial charge in [-0.05, 0) is 34.6 Å². The highest BCUT2D eigenvalue weighted by atomic mass is 127. The number of aliphatic imine (C=N–C) groups is 1. The molecule has 1 rings (SSSR count). The molecule has 22 heavy (non-hydrogen) atoms. The van der Waals surface area contributed by atoms with Crippen molar-refractivity contribution in [2.24, 2.45) is 4.99 Å². The van der Waals surface area contributed by atoms with Crippen molar-refractivity contribution in [2.75, 3.05) is 13.1 Å². The maximum atomic E-state index is 11.8. The monoisotopic (exact) mass is 439 g/mol. The highest BCUT2D eigenvalue weighted by molar-refractivity contribution is 14.0. The van der Waals surface area contributed by atoms with E-state index in [1.807, 2.05) is 40.8 Å². The van der Waals surface area contributed by atoms with Crippen LogP contribution in [0.5, 0.6) is 0 Å². The lowest BCUT2D eigenvalue weighted by Gasteiger charge is -2.20. The number of aromatic nitrogens is 1. The Hall–Kier alpha value is -0.900. The summed E-state index contributed by atoms with van der Waals surface area (Å²) >= 11 is 1.64. The molecule has 1 aromatic rings. The molecule has 0 bridgehead atoms. The number of hydrogen-bond donors (Lipinski definition) is 3. The van der Waals surface area contributed by atoms with Crippen molar-refractivity contribution in [1.82, 2.24) is 20.9 Å². The molecule has 0 atom stereocenters. The second-order valence-electron chi connectivity index (χ2n) is 5.71. The van der Waals surface area contributed by atoms with Gasteiger partial charge in [0.2, 0.25) is 5.91 Å². The van der Waals surface area contributed by atoms with E-state index in [2.05, 4.69) is 25.9 Å². The van der Waals surface area contributed by atoms with Crippen molar-refractivity contribution >= 4 is 47.2 Å². The van der Waals surface area contributed by atoms with E-state index in [1.165, 1.54) is 4.88 Å². The van der Waals surface area contributed by atoms with E-state index in [0.29, 0.717) is 12.5 Å². The van der Waals surface area contributed by atoms with Gasteiger partial charge in [-0.2, -0.15) is 0 Å². The van der Waals surface area contributed by atoms with Gasteiger partial charge in [0, 0.05) is 23.2 Å². The summed E-state index contributed by atoms with van der Waals surface area (Å²) in [5.74, 6) is 0.527. The molecule has 0 aromatic carbocycles. The third-order valence-corrected chi connectivity index (χ3v) is 3.23. The number of nitrogens with zero attached hydrogens (tertiary/aromatic N) is 2. The van der Waals surface area contributed by atoms with Crippen LogP contribution in [0.25, 0.3) is 0 Å². The summed E-state index contributed by atoms with van der Waals surface area (Å²) in [5.41, 5.74) is -0.239. The van der Waals surface area contributed by atoms with E-state index in [-0.39, 0.29) is 42.0 Å². The van der Waals surface area contributed by atoms with Crippen molar-refractivity contribution < 1.29 is 4.79 Å². The van der Waals surface area contributed by atoms with Gasteiger partial charge in [0.1, 0.15) is 11.6 Å². The van der Waals surface area contributed by atoms with Crippen molar-refractivity contribution in [3.8, 4) is 0 Å². The third-order valence-electron chi connectivity index (χ3n) is 2.32. The van der Waals surface area contributed by atoms with Gasteiger partial charge < -0.3 is 16.0 Å². The quantitative estimate of drug-likeness (QED) is 0.373. The fraction of sp³-hybridized carbons (Fsp3) is 0.643. The zero-order valence-electron chi connectivity index (χ0n) is 13.8. The summed E-state index contributed by atoms with van der Waals surface area (Å²) in [4.78, 5) is 21.5. The van der Waals surface area contributed by atoms with Gasteiger partial charge >= 0.3 is 0 Å². The molecule has 0 radical (unpaired) electrons. The second-order valence-corrected chi connectivity index (χ2v) is 7.03. The first-order valence-corrected chi connectivity index (χ1v) is 7.86. The molecule has 0 aliphatic rings. The summed E-state index contributed by atoms with van der Waals surface area (Å²) in [5, 5.41) is 10.2. The Morgan fingerprint density at radius 1 is 1.36 bits per heavy atom. The Balaban J connectivity index is 0.00000441. The van der Waals surface area contributed by atoms with Gasteiger partial charge in [-0.25, -0.2) is 9.98 Å². The number of aryl methyl sites for hydroxylation is 1. The number of halogens is 1. The SMILES string of the molecule is CCNC(=NCC(=O)NC(C)(C)C)NCc1ncc(C)s1.I. The Labute approximate surface area is 153 Å². The Bertz CT molecular complexity index is 496. The predicted molar refractivity (Wildman–Crippen MR) is 103 cm³/mol. The normalized spacial score (nSPS) is 11.6. The molecule has 8 heteroatoms. The van der Waals surface area contributed by atoms with Crippen molar-refractivity contribution in [3.05, 3.63) is 16.1 Å². The molecule has 1 heterocycles. The molecule has 0 aliphatic carbocycles. The van der Waals surface area contributed by atoms with Gasteiger partial charge in [-0.15, -0.1) is 35.3 Å². The number of guanidine groups is 1. The highest BCUT2D eigenvalue weighted by Gasteiger charge is 2.13. The topological polar surface area (TPSA) is 78.4 Å². The summed E-state index contributed by atoms with van der Waals surface area (Å²) in [6.45, 7) is 11.3. The average molecular weight is 439 g/mol. The summed E-state index contributed by atoms with van der Waals surface area (Å²) in [6, 6.07) is 0. The number of thiazole rings is 1. The van der Waals surface area contributed by atoms with Crippen LogP contribution in [0.1, 0.15) is 37.6 Å². The second kappa shape index (κ2) is 9.98. The summed E-state index contributed by atoms with van der Waals surface area (Å²) in [7, 11) is 0. The van der Waals surface area contributed by atoms with Crippen molar-refractivity contribution in [1.29, 1.82) is 0 Å². The molecule has 1 aromatic heterocycles. The van der Waals surface area contributed by atoms with Gasteiger partial charge in [-0.1, -0.05) is 0 Å². The minimum absolute atomic E-state index is 0. The van der Waals surface area contributed by atoms with Crippen LogP contribution in [-0.4, -0.2) is 35.5 Å². The molecular formula is C14H26IN5OS. The zero-order valence-corrected chi connectivity index (χ0v) is 17.0. The Kier molecular flexibility index (Phi) is 9.58. The minimum Gasteiger partial charge on any atom is -0.357 e. The largest absolute Gasteiger partial charge is 0.357 e. The van der Waals surface area contributed by atoms with E-state index in [0.717, 1.165) is 11.6 Å². The molecule has 126 valence electrons. The highest BCUT2D eigenvalue weighted by Crippen LogP contribution is 2.10. The smallest absolute Gasteiger partial charge is 0.242 e. The van der Waals surface area contributed by atoms with Crippen LogP contribution in [0.4, 0.5) is 0 Å². The first kappa shape index (κ1) is 21.1. The van der Waals surface area contributed by atoms with Gasteiger partial charge in [0.25, 0.3) is 0 Å². The summed E-state index contributed by atoms with van der Waals surface area (Å²) < 4.78 is 0. The summed E-state index contributed by atoms with van der Waals surface area (Å²) in [6.07, 6.45) is 1.85. The van der Waals surface area contributed by atoms with Crippen molar-refractivity contribution in [3.63, 3.8) is 0 Å². The first-order valence-electron chi connectivity index (χ1n) is 7.04. The fourth-order valence-corrected chi connectivity index (χ4v) is 2.32. The molecule has 0 unspecified atom stereocenters. The van der Waals surface area contributed by atoms with Gasteiger partial charge in [0.05, 0.1) is 6.54 Å². The number of rotatable bonds is 5. The number of carbonyl (C=O) groups is 1. The molecule has 0 saturated heterocycles. The Morgan fingerprint density at radius 3 is 2.55 bits per heavy atom. The Morgan fingerprint density at radius 2 is 2.05 bits per heavy atom. The van der Waals surface area contributed by atoms with Crippen LogP contribution in [0.3, 0.4) is 0 Å². The van der Waals surface area contributed by atoms with Gasteiger partial charge in [0.15, 0.2) is 5.96 Å². The molecule has 0 aliphatic heterocycles. The number of nitrogens with one attached hydrogen (secondary N) is 3. The molecule has 3 N–H and O–H groups in total. The average Bonchev–Trinajstić information content (AvgIpc) is 2.76. The van der Waals surface area contributed by atoms with Crippen LogP contribution in [-0.2, 0) is 11.3 Å². The molecule has 0 saturated carbocycles.